The molecule has 0 bridgehead atoms. The van der Waals surface area contributed by atoms with E-state index in [0.29, 0.717) is 21.0 Å². The van der Waals surface area contributed by atoms with Crippen molar-refractivity contribution in [2.24, 2.45) is 5.92 Å². The Hall–Kier alpha value is 0.380. The third-order valence-electron chi connectivity index (χ3n) is 2.36. The monoisotopic (exact) mass is 359 g/mol. The minimum atomic E-state index is -3.45. The van der Waals surface area contributed by atoms with Crippen molar-refractivity contribution < 1.29 is 8.42 Å². The standard InChI is InChI=1S/C10H15BrClNO2S2/c1-7(2)9(3-5-12)13-17(14,15)10-8(11)4-6-16-10/h4,6-7,9,13H,3,5H2,1-2H3. The molecule has 1 aromatic rings. The third kappa shape index (κ3) is 4.21. The quantitative estimate of drug-likeness (QED) is 0.790. The second kappa shape index (κ2) is 6.52. The van der Waals surface area contributed by atoms with Gasteiger partial charge in [0.2, 0.25) is 0 Å². The second-order valence-electron chi connectivity index (χ2n) is 4.01. The molecule has 1 atom stereocenters. The molecule has 0 radical (unpaired) electrons. The molecule has 1 unspecified atom stereocenters. The van der Waals surface area contributed by atoms with Crippen LogP contribution in [0.25, 0.3) is 0 Å². The van der Waals surface area contributed by atoms with Crippen LogP contribution < -0.4 is 4.72 Å². The first-order chi connectivity index (χ1) is 7.88. The van der Waals surface area contributed by atoms with E-state index in [0.717, 1.165) is 0 Å². The molecule has 0 aromatic carbocycles. The highest BCUT2D eigenvalue weighted by Gasteiger charge is 2.24. The highest BCUT2D eigenvalue weighted by molar-refractivity contribution is 9.10. The number of alkyl halides is 1. The smallest absolute Gasteiger partial charge is 0.207 e. The number of hydrogen-bond donors (Lipinski definition) is 1. The molecule has 7 heteroatoms. The summed E-state index contributed by atoms with van der Waals surface area (Å²) in [5.74, 6) is 0.652. The van der Waals surface area contributed by atoms with Crippen LogP contribution in [0, 0.1) is 5.92 Å². The molecule has 17 heavy (non-hydrogen) atoms. The van der Waals surface area contributed by atoms with Gasteiger partial charge in [0.1, 0.15) is 4.21 Å². The predicted octanol–water partition coefficient (Wildman–Crippen LogP) is 3.44. The van der Waals surface area contributed by atoms with Crippen molar-refractivity contribution in [3.8, 4) is 0 Å². The Kier molecular flexibility index (Phi) is 5.92. The highest BCUT2D eigenvalue weighted by Crippen LogP contribution is 2.28. The lowest BCUT2D eigenvalue weighted by molar-refractivity contribution is 0.439. The number of thiophene rings is 1. The molecule has 0 saturated heterocycles. The van der Waals surface area contributed by atoms with Crippen LogP contribution in [0.2, 0.25) is 0 Å². The van der Waals surface area contributed by atoms with Crippen LogP contribution >= 0.6 is 38.9 Å². The van der Waals surface area contributed by atoms with Crippen LogP contribution in [0.15, 0.2) is 20.1 Å². The average molecular weight is 361 g/mol. The second-order valence-corrected chi connectivity index (χ2v) is 8.06. The summed E-state index contributed by atoms with van der Waals surface area (Å²) in [4.78, 5) is 0. The summed E-state index contributed by atoms with van der Waals surface area (Å²) in [5, 5.41) is 1.74. The lowest BCUT2D eigenvalue weighted by atomic mass is 10.0. The first kappa shape index (κ1) is 15.4. The van der Waals surface area contributed by atoms with Crippen molar-refractivity contribution in [2.45, 2.75) is 30.5 Å². The molecule has 1 N–H and O–H groups in total. The average Bonchev–Trinajstić information content (AvgIpc) is 2.64. The Morgan fingerprint density at radius 3 is 2.59 bits per heavy atom. The van der Waals surface area contributed by atoms with Gasteiger partial charge in [0.25, 0.3) is 10.0 Å². The van der Waals surface area contributed by atoms with Crippen LogP contribution in [0.5, 0.6) is 0 Å². The van der Waals surface area contributed by atoms with Gasteiger partial charge in [-0.05, 0) is 39.7 Å². The van der Waals surface area contributed by atoms with E-state index >= 15 is 0 Å². The van der Waals surface area contributed by atoms with Gasteiger partial charge in [-0.15, -0.1) is 22.9 Å². The maximum atomic E-state index is 12.1. The Balaban J connectivity index is 2.89. The van der Waals surface area contributed by atoms with E-state index in [2.05, 4.69) is 20.7 Å². The van der Waals surface area contributed by atoms with Gasteiger partial charge in [-0.1, -0.05) is 13.8 Å². The van der Waals surface area contributed by atoms with E-state index in [1.807, 2.05) is 13.8 Å². The largest absolute Gasteiger partial charge is 0.251 e. The molecule has 1 heterocycles. The predicted molar refractivity (Wildman–Crippen MR) is 76.3 cm³/mol. The van der Waals surface area contributed by atoms with E-state index in [1.165, 1.54) is 11.3 Å². The van der Waals surface area contributed by atoms with Gasteiger partial charge in [-0.25, -0.2) is 13.1 Å². The molecule has 0 aliphatic heterocycles. The van der Waals surface area contributed by atoms with Crippen molar-refractivity contribution in [1.82, 2.24) is 4.72 Å². The van der Waals surface area contributed by atoms with Crippen molar-refractivity contribution in [2.75, 3.05) is 5.88 Å². The molecular weight excluding hydrogens is 346 g/mol. The Morgan fingerprint density at radius 2 is 2.18 bits per heavy atom. The summed E-state index contributed by atoms with van der Waals surface area (Å²) in [6.07, 6.45) is 0.626. The summed E-state index contributed by atoms with van der Waals surface area (Å²) in [6.45, 7) is 3.95. The minimum Gasteiger partial charge on any atom is -0.207 e. The van der Waals surface area contributed by atoms with Crippen LogP contribution in [-0.4, -0.2) is 20.3 Å². The fourth-order valence-corrected chi connectivity index (χ4v) is 5.38. The Morgan fingerprint density at radius 1 is 1.53 bits per heavy atom. The zero-order valence-corrected chi connectivity index (χ0v) is 13.6. The normalized spacial score (nSPS) is 14.2. The van der Waals surface area contributed by atoms with Crippen LogP contribution in [-0.2, 0) is 10.0 Å². The van der Waals surface area contributed by atoms with E-state index in [4.69, 9.17) is 11.6 Å². The number of halogens is 2. The molecule has 0 aliphatic carbocycles. The van der Waals surface area contributed by atoms with Gasteiger partial charge in [0.15, 0.2) is 0 Å². The Bertz CT molecular complexity index is 459. The van der Waals surface area contributed by atoms with Crippen molar-refractivity contribution >= 4 is 48.9 Å². The first-order valence-electron chi connectivity index (χ1n) is 5.19. The molecule has 0 spiro atoms. The zero-order valence-electron chi connectivity index (χ0n) is 9.61. The van der Waals surface area contributed by atoms with E-state index in [9.17, 15) is 8.42 Å². The summed E-state index contributed by atoms with van der Waals surface area (Å²) < 4.78 is 27.9. The maximum Gasteiger partial charge on any atom is 0.251 e. The van der Waals surface area contributed by atoms with Crippen LogP contribution in [0.4, 0.5) is 0 Å². The molecule has 98 valence electrons. The first-order valence-corrected chi connectivity index (χ1v) is 8.88. The third-order valence-corrected chi connectivity index (χ3v) is 6.74. The highest BCUT2D eigenvalue weighted by atomic mass is 79.9. The van der Waals surface area contributed by atoms with Crippen molar-refractivity contribution in [3.05, 3.63) is 15.9 Å². The number of sulfonamides is 1. The molecule has 0 aliphatic rings. The fraction of sp³-hybridized carbons (Fsp3) is 0.600. The van der Waals surface area contributed by atoms with Crippen LogP contribution in [0.3, 0.4) is 0 Å². The molecule has 0 amide bonds. The molecule has 1 rings (SSSR count). The maximum absolute atomic E-state index is 12.1. The number of rotatable bonds is 6. The lowest BCUT2D eigenvalue weighted by Crippen LogP contribution is -2.38. The summed E-state index contributed by atoms with van der Waals surface area (Å²) in [6, 6.07) is 1.59. The molecular formula is C10H15BrClNO2S2. The Labute approximate surface area is 120 Å². The number of nitrogens with one attached hydrogen (secondary N) is 1. The van der Waals surface area contributed by atoms with E-state index < -0.39 is 10.0 Å². The van der Waals surface area contributed by atoms with Gasteiger partial charge >= 0.3 is 0 Å². The molecule has 3 nitrogen and oxygen atoms in total. The van der Waals surface area contributed by atoms with Crippen molar-refractivity contribution in [1.29, 1.82) is 0 Å². The molecule has 0 fully saturated rings. The van der Waals surface area contributed by atoms with E-state index in [-0.39, 0.29) is 12.0 Å². The molecule has 0 saturated carbocycles. The van der Waals surface area contributed by atoms with Gasteiger partial charge in [0, 0.05) is 16.4 Å². The fourth-order valence-electron chi connectivity index (χ4n) is 1.37. The van der Waals surface area contributed by atoms with Gasteiger partial charge < -0.3 is 0 Å². The summed E-state index contributed by atoms with van der Waals surface area (Å²) >= 11 is 10.1. The number of hydrogen-bond acceptors (Lipinski definition) is 3. The SMILES string of the molecule is CC(C)C(CCCl)NS(=O)(=O)c1sccc1Br. The van der Waals surface area contributed by atoms with Crippen LogP contribution in [0.1, 0.15) is 20.3 Å². The van der Waals surface area contributed by atoms with E-state index in [1.54, 1.807) is 11.4 Å². The van der Waals surface area contributed by atoms with Gasteiger partial charge in [-0.3, -0.25) is 0 Å². The lowest BCUT2D eigenvalue weighted by Gasteiger charge is -2.20. The van der Waals surface area contributed by atoms with Gasteiger partial charge in [0.05, 0.1) is 0 Å². The van der Waals surface area contributed by atoms with Gasteiger partial charge in [-0.2, -0.15) is 0 Å². The summed E-state index contributed by atoms with van der Waals surface area (Å²) in [5.41, 5.74) is 0. The zero-order chi connectivity index (χ0) is 13.1. The topological polar surface area (TPSA) is 46.2 Å². The summed E-state index contributed by atoms with van der Waals surface area (Å²) in [7, 11) is -3.45. The minimum absolute atomic E-state index is 0.133. The molecule has 1 aromatic heterocycles. The van der Waals surface area contributed by atoms with Crippen molar-refractivity contribution in [3.63, 3.8) is 0 Å².